The molecule has 112 valence electrons. The molecule has 0 amide bonds. The molecule has 2 aromatic carbocycles. The standard InChI is InChI=1S/C17H16Cl2F2/c1-12-8-16(21)5-2-13(12)9-17(10-18,11-19)14-3-6-15(20)7-4-14/h2-8H,9-11H2,1H3. The average Bonchev–Trinajstić information content (AvgIpc) is 2.48. The van der Waals surface area contributed by atoms with Gasteiger partial charge in [0.15, 0.2) is 0 Å². The summed E-state index contributed by atoms with van der Waals surface area (Å²) in [5, 5.41) is 0. The third-order valence-corrected chi connectivity index (χ3v) is 4.82. The third kappa shape index (κ3) is 3.56. The van der Waals surface area contributed by atoms with Crippen LogP contribution in [-0.2, 0) is 11.8 Å². The van der Waals surface area contributed by atoms with E-state index in [1.165, 1.54) is 24.3 Å². The first-order valence-corrected chi connectivity index (χ1v) is 7.71. The third-order valence-electron chi connectivity index (χ3n) is 3.80. The molecule has 0 heterocycles. The number of benzene rings is 2. The molecule has 0 nitrogen and oxygen atoms in total. The fourth-order valence-corrected chi connectivity index (χ4v) is 3.20. The van der Waals surface area contributed by atoms with Gasteiger partial charge in [0.05, 0.1) is 0 Å². The molecule has 0 aliphatic heterocycles. The zero-order chi connectivity index (χ0) is 15.5. The van der Waals surface area contributed by atoms with E-state index in [-0.39, 0.29) is 11.6 Å². The van der Waals surface area contributed by atoms with Crippen LogP contribution in [0.25, 0.3) is 0 Å². The highest BCUT2D eigenvalue weighted by molar-refractivity contribution is 6.22. The normalized spacial score (nSPS) is 11.7. The highest BCUT2D eigenvalue weighted by atomic mass is 35.5. The Kier molecular flexibility index (Phi) is 5.23. The van der Waals surface area contributed by atoms with Crippen molar-refractivity contribution in [2.75, 3.05) is 11.8 Å². The Labute approximate surface area is 133 Å². The van der Waals surface area contributed by atoms with Gasteiger partial charge in [0.1, 0.15) is 11.6 Å². The molecule has 21 heavy (non-hydrogen) atoms. The Morgan fingerprint density at radius 2 is 1.48 bits per heavy atom. The summed E-state index contributed by atoms with van der Waals surface area (Å²) in [7, 11) is 0. The lowest BCUT2D eigenvalue weighted by Crippen LogP contribution is -2.33. The molecular formula is C17H16Cl2F2. The largest absolute Gasteiger partial charge is 0.207 e. The second kappa shape index (κ2) is 6.76. The molecule has 0 fully saturated rings. The van der Waals surface area contributed by atoms with Gasteiger partial charge in [0, 0.05) is 17.2 Å². The first kappa shape index (κ1) is 16.3. The number of hydrogen-bond acceptors (Lipinski definition) is 0. The first-order valence-electron chi connectivity index (χ1n) is 6.64. The van der Waals surface area contributed by atoms with Gasteiger partial charge >= 0.3 is 0 Å². The van der Waals surface area contributed by atoms with E-state index in [9.17, 15) is 8.78 Å². The first-order chi connectivity index (χ1) is 10.0. The SMILES string of the molecule is Cc1cc(F)ccc1CC(CCl)(CCl)c1ccc(F)cc1. The quantitative estimate of drug-likeness (QED) is 0.659. The summed E-state index contributed by atoms with van der Waals surface area (Å²) >= 11 is 12.4. The van der Waals surface area contributed by atoms with Crippen molar-refractivity contribution >= 4 is 23.2 Å². The summed E-state index contributed by atoms with van der Waals surface area (Å²) in [5.41, 5.74) is 2.23. The second-order valence-electron chi connectivity index (χ2n) is 5.30. The van der Waals surface area contributed by atoms with Crippen molar-refractivity contribution < 1.29 is 8.78 Å². The van der Waals surface area contributed by atoms with Gasteiger partial charge in [-0.2, -0.15) is 0 Å². The molecule has 2 aromatic rings. The fraction of sp³-hybridized carbons (Fsp3) is 0.294. The molecule has 0 saturated carbocycles. The van der Waals surface area contributed by atoms with Crippen LogP contribution in [0.4, 0.5) is 8.78 Å². The highest BCUT2D eigenvalue weighted by Gasteiger charge is 2.31. The zero-order valence-corrected chi connectivity index (χ0v) is 13.2. The van der Waals surface area contributed by atoms with Crippen molar-refractivity contribution in [3.05, 3.63) is 70.8 Å². The Hall–Kier alpha value is -1.12. The zero-order valence-electron chi connectivity index (χ0n) is 11.7. The minimum absolute atomic E-state index is 0.264. The van der Waals surface area contributed by atoms with E-state index in [4.69, 9.17) is 23.2 Å². The van der Waals surface area contributed by atoms with Crippen molar-refractivity contribution in [2.45, 2.75) is 18.8 Å². The van der Waals surface area contributed by atoms with Crippen molar-refractivity contribution in [2.24, 2.45) is 0 Å². The fourth-order valence-electron chi connectivity index (χ4n) is 2.41. The van der Waals surface area contributed by atoms with Crippen LogP contribution < -0.4 is 0 Å². The van der Waals surface area contributed by atoms with E-state index in [2.05, 4.69) is 0 Å². The number of aryl methyl sites for hydroxylation is 1. The summed E-state index contributed by atoms with van der Waals surface area (Å²) in [6.07, 6.45) is 0.581. The predicted molar refractivity (Wildman–Crippen MR) is 84.4 cm³/mol. The maximum Gasteiger partial charge on any atom is 0.123 e. The van der Waals surface area contributed by atoms with Crippen LogP contribution in [0, 0.1) is 18.6 Å². The smallest absolute Gasteiger partial charge is 0.123 e. The van der Waals surface area contributed by atoms with E-state index in [1.807, 2.05) is 6.92 Å². The Morgan fingerprint density at radius 3 is 2.00 bits per heavy atom. The van der Waals surface area contributed by atoms with Gasteiger partial charge in [0.25, 0.3) is 0 Å². The molecule has 0 N–H and O–H groups in total. The lowest BCUT2D eigenvalue weighted by Gasteiger charge is -2.31. The maximum atomic E-state index is 13.2. The Balaban J connectivity index is 2.40. The van der Waals surface area contributed by atoms with Gasteiger partial charge in [0.2, 0.25) is 0 Å². The lowest BCUT2D eigenvalue weighted by molar-refractivity contribution is 0.531. The van der Waals surface area contributed by atoms with Crippen LogP contribution in [0.3, 0.4) is 0 Å². The van der Waals surface area contributed by atoms with Crippen LogP contribution >= 0.6 is 23.2 Å². The molecule has 0 radical (unpaired) electrons. The molecule has 0 spiro atoms. The Morgan fingerprint density at radius 1 is 0.905 bits per heavy atom. The van der Waals surface area contributed by atoms with Crippen LogP contribution in [-0.4, -0.2) is 11.8 Å². The van der Waals surface area contributed by atoms with Crippen molar-refractivity contribution in [1.82, 2.24) is 0 Å². The number of halogens is 4. The van der Waals surface area contributed by atoms with Gasteiger partial charge in [-0.25, -0.2) is 8.78 Å². The molecular weight excluding hydrogens is 313 g/mol. The van der Waals surface area contributed by atoms with Crippen molar-refractivity contribution in [3.63, 3.8) is 0 Å². The van der Waals surface area contributed by atoms with Gasteiger partial charge in [-0.3, -0.25) is 0 Å². The summed E-state index contributed by atoms with van der Waals surface area (Å²) < 4.78 is 26.3. The average molecular weight is 329 g/mol. The topological polar surface area (TPSA) is 0 Å². The van der Waals surface area contributed by atoms with Gasteiger partial charge < -0.3 is 0 Å². The van der Waals surface area contributed by atoms with E-state index < -0.39 is 5.41 Å². The predicted octanol–water partition coefficient (Wildman–Crippen LogP) is 5.23. The molecule has 4 heteroatoms. The van der Waals surface area contributed by atoms with E-state index in [0.29, 0.717) is 18.2 Å². The van der Waals surface area contributed by atoms with Gasteiger partial charge in [-0.15, -0.1) is 23.2 Å². The molecule has 0 bridgehead atoms. The molecule has 0 unspecified atom stereocenters. The summed E-state index contributed by atoms with van der Waals surface area (Å²) in [6, 6.07) is 10.9. The number of rotatable bonds is 5. The minimum Gasteiger partial charge on any atom is -0.207 e. The molecule has 0 atom stereocenters. The number of alkyl halides is 2. The van der Waals surface area contributed by atoms with Crippen LogP contribution in [0.15, 0.2) is 42.5 Å². The second-order valence-corrected chi connectivity index (χ2v) is 5.84. The van der Waals surface area contributed by atoms with Crippen molar-refractivity contribution in [3.8, 4) is 0 Å². The minimum atomic E-state index is -0.501. The Bertz CT molecular complexity index is 605. The van der Waals surface area contributed by atoms with Gasteiger partial charge in [-0.05, 0) is 54.3 Å². The summed E-state index contributed by atoms with van der Waals surface area (Å²) in [4.78, 5) is 0. The van der Waals surface area contributed by atoms with Crippen LogP contribution in [0.2, 0.25) is 0 Å². The van der Waals surface area contributed by atoms with E-state index in [0.717, 1.165) is 16.7 Å². The monoisotopic (exact) mass is 328 g/mol. The molecule has 0 aliphatic carbocycles. The summed E-state index contributed by atoms with van der Waals surface area (Å²) in [5.74, 6) is 0.0490. The van der Waals surface area contributed by atoms with Gasteiger partial charge in [-0.1, -0.05) is 18.2 Å². The van der Waals surface area contributed by atoms with Crippen LogP contribution in [0.5, 0.6) is 0 Å². The lowest BCUT2D eigenvalue weighted by atomic mass is 9.78. The molecule has 2 rings (SSSR count). The summed E-state index contributed by atoms with van der Waals surface area (Å²) in [6.45, 7) is 1.86. The molecule has 0 aliphatic rings. The van der Waals surface area contributed by atoms with E-state index in [1.54, 1.807) is 18.2 Å². The molecule has 0 aromatic heterocycles. The van der Waals surface area contributed by atoms with E-state index >= 15 is 0 Å². The van der Waals surface area contributed by atoms with Crippen molar-refractivity contribution in [1.29, 1.82) is 0 Å². The van der Waals surface area contributed by atoms with Crippen LogP contribution in [0.1, 0.15) is 16.7 Å². The molecule has 0 saturated heterocycles. The number of hydrogen-bond donors (Lipinski definition) is 0. The maximum absolute atomic E-state index is 13.2. The highest BCUT2D eigenvalue weighted by Crippen LogP contribution is 2.33.